The second-order valence-corrected chi connectivity index (χ2v) is 8.24. The average molecular weight is 416 g/mol. The molecule has 1 fully saturated rings. The normalized spacial score (nSPS) is 19.2. The number of rotatable bonds is 6. The number of pyridine rings is 1. The molecule has 0 bridgehead atoms. The summed E-state index contributed by atoms with van der Waals surface area (Å²) in [7, 11) is 1.68. The largest absolute Gasteiger partial charge is 0.362 e. The van der Waals surface area contributed by atoms with Crippen molar-refractivity contribution in [2.75, 3.05) is 26.7 Å². The van der Waals surface area contributed by atoms with Crippen LogP contribution in [0.5, 0.6) is 0 Å². The molecule has 1 aromatic heterocycles. The maximum absolute atomic E-state index is 13.0. The third-order valence-electron chi connectivity index (χ3n) is 5.81. The van der Waals surface area contributed by atoms with E-state index in [0.29, 0.717) is 19.6 Å². The summed E-state index contributed by atoms with van der Waals surface area (Å²) in [6, 6.07) is 20.8. The van der Waals surface area contributed by atoms with E-state index in [-0.39, 0.29) is 5.91 Å². The summed E-state index contributed by atoms with van der Waals surface area (Å²) in [6.07, 6.45) is 4.14. The number of likely N-dealkylation sites (N-methyl/N-ethyl adjacent to an activating group) is 1. The molecule has 0 spiro atoms. The summed E-state index contributed by atoms with van der Waals surface area (Å²) < 4.78 is 6.19. The van der Waals surface area contributed by atoms with Crippen LogP contribution in [0.15, 0.2) is 73.1 Å². The van der Waals surface area contributed by atoms with E-state index < -0.39 is 5.60 Å². The lowest BCUT2D eigenvalue weighted by atomic mass is 9.90. The molecule has 31 heavy (non-hydrogen) atoms. The molecule has 0 saturated carbocycles. The Labute approximate surface area is 184 Å². The number of hydrogen-bond acceptors (Lipinski definition) is 4. The Morgan fingerprint density at radius 3 is 2.68 bits per heavy atom. The van der Waals surface area contributed by atoms with Crippen molar-refractivity contribution < 1.29 is 9.53 Å². The van der Waals surface area contributed by atoms with Crippen LogP contribution < -0.4 is 5.32 Å². The first-order valence-electron chi connectivity index (χ1n) is 10.7. The molecule has 0 aliphatic carbocycles. The molecule has 5 nitrogen and oxygen atoms in total. The Balaban J connectivity index is 1.57. The molecule has 2 aromatic carbocycles. The fourth-order valence-electron chi connectivity index (χ4n) is 4.34. The minimum absolute atomic E-state index is 0.0757. The summed E-state index contributed by atoms with van der Waals surface area (Å²) in [4.78, 5) is 19.6. The second kappa shape index (κ2) is 9.41. The maximum Gasteiger partial charge on any atom is 0.253 e. The molecule has 5 heteroatoms. The van der Waals surface area contributed by atoms with Crippen LogP contribution >= 0.6 is 0 Å². The number of ether oxygens (including phenoxy) is 1. The van der Waals surface area contributed by atoms with Gasteiger partial charge in [0, 0.05) is 45.5 Å². The first-order valence-corrected chi connectivity index (χ1v) is 10.7. The predicted molar refractivity (Wildman–Crippen MR) is 123 cm³/mol. The third-order valence-corrected chi connectivity index (χ3v) is 5.81. The lowest BCUT2D eigenvalue weighted by molar-refractivity contribution is -0.160. The van der Waals surface area contributed by atoms with Gasteiger partial charge in [-0.25, -0.2) is 0 Å². The molecule has 1 amide bonds. The van der Waals surface area contributed by atoms with Gasteiger partial charge in [0.25, 0.3) is 5.91 Å². The number of benzene rings is 2. The van der Waals surface area contributed by atoms with Gasteiger partial charge < -0.3 is 10.1 Å². The molecule has 0 radical (unpaired) electrons. The summed E-state index contributed by atoms with van der Waals surface area (Å²) in [5, 5.41) is 2.84. The quantitative estimate of drug-likeness (QED) is 0.668. The molecule has 2 heterocycles. The lowest BCUT2D eigenvalue weighted by Gasteiger charge is -2.41. The molecule has 1 unspecified atom stereocenters. The van der Waals surface area contributed by atoms with Gasteiger partial charge in [-0.3, -0.25) is 14.7 Å². The van der Waals surface area contributed by atoms with Crippen LogP contribution in [0.3, 0.4) is 0 Å². The molecule has 160 valence electrons. The molecular formula is C26H29N3O2. The maximum atomic E-state index is 13.0. The van der Waals surface area contributed by atoms with Crippen molar-refractivity contribution in [3.8, 4) is 11.1 Å². The summed E-state index contributed by atoms with van der Waals surface area (Å²) in [6.45, 7) is 4.80. The van der Waals surface area contributed by atoms with Crippen molar-refractivity contribution in [2.24, 2.45) is 0 Å². The smallest absolute Gasteiger partial charge is 0.253 e. The highest BCUT2D eigenvalue weighted by molar-refractivity contribution is 5.86. The van der Waals surface area contributed by atoms with Gasteiger partial charge in [-0.1, -0.05) is 60.2 Å². The van der Waals surface area contributed by atoms with E-state index in [1.54, 1.807) is 13.2 Å². The van der Waals surface area contributed by atoms with Crippen molar-refractivity contribution in [3.63, 3.8) is 0 Å². The number of nitrogens with one attached hydrogen (secondary N) is 1. The van der Waals surface area contributed by atoms with E-state index in [0.717, 1.165) is 29.8 Å². The number of nitrogens with zero attached hydrogens (tertiary/aromatic N) is 2. The highest BCUT2D eigenvalue weighted by atomic mass is 16.5. The minimum atomic E-state index is -0.912. The Bertz CT molecular complexity index is 1040. The van der Waals surface area contributed by atoms with Gasteiger partial charge in [-0.15, -0.1) is 0 Å². The van der Waals surface area contributed by atoms with Gasteiger partial charge in [0.15, 0.2) is 5.60 Å². The van der Waals surface area contributed by atoms with Crippen molar-refractivity contribution in [1.82, 2.24) is 15.2 Å². The number of carbonyl (C=O) groups is 1. The molecule has 3 aromatic rings. The molecule has 1 atom stereocenters. The summed E-state index contributed by atoms with van der Waals surface area (Å²) in [5.74, 6) is -0.0757. The van der Waals surface area contributed by atoms with Crippen LogP contribution in [0.4, 0.5) is 0 Å². The molecular weight excluding hydrogens is 386 g/mol. The van der Waals surface area contributed by atoms with E-state index in [9.17, 15) is 4.79 Å². The van der Waals surface area contributed by atoms with E-state index in [1.807, 2.05) is 24.4 Å². The third kappa shape index (κ3) is 5.01. The van der Waals surface area contributed by atoms with Gasteiger partial charge in [-0.05, 0) is 35.2 Å². The highest BCUT2D eigenvalue weighted by Gasteiger charge is 2.43. The predicted octanol–water partition coefficient (Wildman–Crippen LogP) is 3.62. The van der Waals surface area contributed by atoms with Gasteiger partial charge in [0.2, 0.25) is 0 Å². The average Bonchev–Trinajstić information content (AvgIpc) is 2.79. The zero-order valence-electron chi connectivity index (χ0n) is 18.2. The van der Waals surface area contributed by atoms with Crippen molar-refractivity contribution in [2.45, 2.75) is 25.5 Å². The van der Waals surface area contributed by atoms with E-state index in [1.165, 1.54) is 11.1 Å². The molecule has 1 N–H and O–H groups in total. The van der Waals surface area contributed by atoms with Crippen molar-refractivity contribution >= 4 is 5.91 Å². The molecule has 1 saturated heterocycles. The monoisotopic (exact) mass is 415 g/mol. The van der Waals surface area contributed by atoms with Crippen LogP contribution in [0.2, 0.25) is 0 Å². The van der Waals surface area contributed by atoms with Crippen LogP contribution in [0.25, 0.3) is 11.1 Å². The van der Waals surface area contributed by atoms with Crippen LogP contribution in [0.1, 0.15) is 16.7 Å². The fourth-order valence-corrected chi connectivity index (χ4v) is 4.34. The van der Waals surface area contributed by atoms with Crippen LogP contribution in [0, 0.1) is 6.92 Å². The summed E-state index contributed by atoms with van der Waals surface area (Å²) >= 11 is 0. The van der Waals surface area contributed by atoms with E-state index in [4.69, 9.17) is 4.74 Å². The zero-order chi connectivity index (χ0) is 21.7. The standard InChI is InChI=1S/C26H29N3O2/c1-20-6-3-8-22(14-20)18-29-12-13-31-26(19-29,25(30)27-2)16-21-7-4-9-23(15-21)24-10-5-11-28-17-24/h3-11,14-15,17H,12-13,16,18-19H2,1-2H3,(H,27,30). The number of aromatic nitrogens is 1. The minimum Gasteiger partial charge on any atom is -0.362 e. The number of amides is 1. The number of carbonyl (C=O) groups excluding carboxylic acids is 1. The van der Waals surface area contributed by atoms with E-state index >= 15 is 0 Å². The summed E-state index contributed by atoms with van der Waals surface area (Å²) in [5.41, 5.74) is 4.81. The Kier molecular flexibility index (Phi) is 6.44. The number of aryl methyl sites for hydroxylation is 1. The van der Waals surface area contributed by atoms with E-state index in [2.05, 4.69) is 64.6 Å². The van der Waals surface area contributed by atoms with Gasteiger partial charge >= 0.3 is 0 Å². The van der Waals surface area contributed by atoms with Gasteiger partial charge in [-0.2, -0.15) is 0 Å². The first-order chi connectivity index (χ1) is 15.1. The Morgan fingerprint density at radius 1 is 1.10 bits per heavy atom. The SMILES string of the molecule is CNC(=O)C1(Cc2cccc(-c3cccnc3)c2)CN(Cc2cccc(C)c2)CCO1. The Morgan fingerprint density at radius 2 is 1.90 bits per heavy atom. The van der Waals surface area contributed by atoms with Crippen molar-refractivity contribution in [3.05, 3.63) is 89.7 Å². The lowest BCUT2D eigenvalue weighted by Crippen LogP contribution is -2.60. The molecule has 1 aliphatic rings. The number of morpholine rings is 1. The second-order valence-electron chi connectivity index (χ2n) is 8.24. The van der Waals surface area contributed by atoms with Crippen LogP contribution in [-0.2, 0) is 22.5 Å². The van der Waals surface area contributed by atoms with Crippen LogP contribution in [-0.4, -0.2) is 48.1 Å². The Hall–Kier alpha value is -3.02. The van der Waals surface area contributed by atoms with Gasteiger partial charge in [0.1, 0.15) is 0 Å². The zero-order valence-corrected chi connectivity index (χ0v) is 18.2. The first kappa shape index (κ1) is 21.2. The molecule has 1 aliphatic heterocycles. The van der Waals surface area contributed by atoms with Gasteiger partial charge in [0.05, 0.1) is 6.61 Å². The molecule has 4 rings (SSSR count). The number of hydrogen-bond donors (Lipinski definition) is 1. The van der Waals surface area contributed by atoms with Crippen molar-refractivity contribution in [1.29, 1.82) is 0 Å². The highest BCUT2D eigenvalue weighted by Crippen LogP contribution is 2.27. The topological polar surface area (TPSA) is 54.5 Å². The fraction of sp³-hybridized carbons (Fsp3) is 0.308.